The van der Waals surface area contributed by atoms with Crippen molar-refractivity contribution in [2.24, 2.45) is 0 Å². The lowest BCUT2D eigenvalue weighted by Crippen LogP contribution is -2.29. The van der Waals surface area contributed by atoms with Gasteiger partial charge in [0.2, 0.25) is 11.8 Å². The van der Waals surface area contributed by atoms with Crippen LogP contribution in [0.3, 0.4) is 0 Å². The number of thioether (sulfide) groups is 1. The minimum atomic E-state index is -4.30. The highest BCUT2D eigenvalue weighted by Gasteiger charge is 2.28. The molecular weight excluding hydrogens is 377 g/mol. The normalized spacial score (nSPS) is 12.3. The fraction of sp³-hybridized carbons (Fsp3) is 0.263. The molecule has 2 N–H and O–H groups in total. The van der Waals surface area contributed by atoms with Crippen molar-refractivity contribution >= 4 is 29.3 Å². The van der Waals surface area contributed by atoms with Crippen molar-refractivity contribution in [2.75, 3.05) is 11.1 Å². The van der Waals surface area contributed by atoms with Crippen molar-refractivity contribution in [3.05, 3.63) is 60.2 Å². The Hall–Kier alpha value is -2.48. The minimum absolute atomic E-state index is 0.0398. The van der Waals surface area contributed by atoms with E-state index in [1.54, 1.807) is 42.5 Å². The molecule has 27 heavy (non-hydrogen) atoms. The third-order valence-electron chi connectivity index (χ3n) is 3.52. The quantitative estimate of drug-likeness (QED) is 0.675. The second kappa shape index (κ2) is 9.45. The van der Waals surface area contributed by atoms with Crippen molar-refractivity contribution in [3.8, 4) is 0 Å². The van der Waals surface area contributed by atoms with E-state index < -0.39 is 23.9 Å². The van der Waals surface area contributed by atoms with Gasteiger partial charge in [0.15, 0.2) is 0 Å². The Morgan fingerprint density at radius 3 is 2.30 bits per heavy atom. The molecule has 0 radical (unpaired) electrons. The lowest BCUT2D eigenvalue weighted by atomic mass is 10.0. The Morgan fingerprint density at radius 1 is 1.04 bits per heavy atom. The number of rotatable bonds is 7. The van der Waals surface area contributed by atoms with Gasteiger partial charge in [-0.1, -0.05) is 42.5 Å². The molecule has 2 amide bonds. The van der Waals surface area contributed by atoms with Crippen LogP contribution < -0.4 is 10.6 Å². The molecule has 2 aromatic rings. The lowest BCUT2D eigenvalue weighted by Gasteiger charge is -2.19. The molecule has 0 aliphatic rings. The number of para-hydroxylation sites is 1. The number of alkyl halides is 3. The number of amides is 2. The number of nitrogens with one attached hydrogen (secondary N) is 2. The minimum Gasteiger partial charge on any atom is -0.349 e. The van der Waals surface area contributed by atoms with Crippen LogP contribution in [0.4, 0.5) is 18.9 Å². The summed E-state index contributed by atoms with van der Waals surface area (Å²) in [5.41, 5.74) is 1.08. The molecule has 0 fully saturated rings. The molecule has 8 heteroatoms. The summed E-state index contributed by atoms with van der Waals surface area (Å²) in [6.07, 6.45) is -4.34. The van der Waals surface area contributed by atoms with Crippen LogP contribution in [0.1, 0.15) is 24.9 Å². The molecule has 1 atom stereocenters. The highest BCUT2D eigenvalue weighted by Crippen LogP contribution is 2.32. The predicted molar refractivity (Wildman–Crippen MR) is 99.5 cm³/mol. The molecule has 0 aliphatic heterocycles. The van der Waals surface area contributed by atoms with Gasteiger partial charge in [0.05, 0.1) is 23.9 Å². The van der Waals surface area contributed by atoms with Gasteiger partial charge < -0.3 is 10.6 Å². The SMILES string of the molecule is CC(=O)NC(CC(=O)Nc1ccccc1SCC(F)(F)F)c1ccccc1. The Balaban J connectivity index is 2.08. The van der Waals surface area contributed by atoms with Crippen LogP contribution in [-0.2, 0) is 9.59 Å². The highest BCUT2D eigenvalue weighted by molar-refractivity contribution is 7.99. The van der Waals surface area contributed by atoms with Gasteiger partial charge in [-0.2, -0.15) is 13.2 Å². The molecule has 2 rings (SSSR count). The molecule has 144 valence electrons. The summed E-state index contributed by atoms with van der Waals surface area (Å²) in [6, 6.07) is 14.8. The number of halogens is 3. The average molecular weight is 396 g/mol. The molecular formula is C19H19F3N2O2S. The summed E-state index contributed by atoms with van der Waals surface area (Å²) < 4.78 is 37.4. The molecule has 4 nitrogen and oxygen atoms in total. The first-order chi connectivity index (χ1) is 12.7. The van der Waals surface area contributed by atoms with Crippen LogP contribution in [0, 0.1) is 0 Å². The summed E-state index contributed by atoms with van der Waals surface area (Å²) in [4.78, 5) is 24.2. The van der Waals surface area contributed by atoms with Gasteiger partial charge in [-0.05, 0) is 17.7 Å². The first kappa shape index (κ1) is 20.8. The van der Waals surface area contributed by atoms with Crippen LogP contribution in [0.25, 0.3) is 0 Å². The maximum absolute atomic E-state index is 12.5. The summed E-state index contributed by atoms with van der Waals surface area (Å²) in [5, 5.41) is 5.36. The number of carbonyl (C=O) groups is 2. The first-order valence-electron chi connectivity index (χ1n) is 8.15. The number of anilines is 1. The monoisotopic (exact) mass is 396 g/mol. The summed E-state index contributed by atoms with van der Waals surface area (Å²) in [6.45, 7) is 1.36. The van der Waals surface area contributed by atoms with Crippen LogP contribution in [0.5, 0.6) is 0 Å². The second-order valence-corrected chi connectivity index (χ2v) is 6.83. The molecule has 2 aromatic carbocycles. The van der Waals surface area contributed by atoms with E-state index >= 15 is 0 Å². The number of hydrogen-bond donors (Lipinski definition) is 2. The zero-order valence-electron chi connectivity index (χ0n) is 14.5. The van der Waals surface area contributed by atoms with E-state index in [-0.39, 0.29) is 12.3 Å². The van der Waals surface area contributed by atoms with Crippen LogP contribution >= 0.6 is 11.8 Å². The van der Waals surface area contributed by atoms with Crippen LogP contribution in [0.2, 0.25) is 0 Å². The Labute approximate surface area is 159 Å². The van der Waals surface area contributed by atoms with Gasteiger partial charge in [-0.15, -0.1) is 11.8 Å². The Morgan fingerprint density at radius 2 is 1.67 bits per heavy atom. The largest absolute Gasteiger partial charge is 0.398 e. The molecule has 0 aromatic heterocycles. The van der Waals surface area contributed by atoms with E-state index in [2.05, 4.69) is 10.6 Å². The van der Waals surface area contributed by atoms with Gasteiger partial charge in [-0.25, -0.2) is 0 Å². The first-order valence-corrected chi connectivity index (χ1v) is 9.13. The maximum atomic E-state index is 12.5. The van der Waals surface area contributed by atoms with Crippen molar-refractivity contribution in [2.45, 2.75) is 30.5 Å². The zero-order valence-corrected chi connectivity index (χ0v) is 15.4. The van der Waals surface area contributed by atoms with E-state index in [1.165, 1.54) is 13.0 Å². The Kier molecular flexibility index (Phi) is 7.29. The van der Waals surface area contributed by atoms with Gasteiger partial charge in [0.1, 0.15) is 0 Å². The van der Waals surface area contributed by atoms with E-state index in [1.807, 2.05) is 6.07 Å². The van der Waals surface area contributed by atoms with Gasteiger partial charge >= 0.3 is 6.18 Å². The molecule has 0 saturated heterocycles. The lowest BCUT2D eigenvalue weighted by molar-refractivity contribution is -0.120. The van der Waals surface area contributed by atoms with E-state index in [4.69, 9.17) is 0 Å². The second-order valence-electron chi connectivity index (χ2n) is 5.82. The molecule has 0 aliphatic carbocycles. The predicted octanol–water partition coefficient (Wildman–Crippen LogP) is 4.55. The number of carbonyl (C=O) groups excluding carboxylic acids is 2. The molecule has 0 spiro atoms. The van der Waals surface area contributed by atoms with Gasteiger partial charge in [0, 0.05) is 11.8 Å². The Bertz CT molecular complexity index is 782. The average Bonchev–Trinajstić information content (AvgIpc) is 2.60. The van der Waals surface area contributed by atoms with Crippen molar-refractivity contribution < 1.29 is 22.8 Å². The maximum Gasteiger partial charge on any atom is 0.398 e. The number of benzene rings is 2. The fourth-order valence-electron chi connectivity index (χ4n) is 2.42. The molecule has 1 unspecified atom stereocenters. The molecule has 0 heterocycles. The topological polar surface area (TPSA) is 58.2 Å². The van der Waals surface area contributed by atoms with Crippen molar-refractivity contribution in [3.63, 3.8) is 0 Å². The van der Waals surface area contributed by atoms with E-state index in [9.17, 15) is 22.8 Å². The molecule has 0 bridgehead atoms. The molecule has 0 saturated carbocycles. The smallest absolute Gasteiger partial charge is 0.349 e. The summed E-state index contributed by atoms with van der Waals surface area (Å²) in [7, 11) is 0. The van der Waals surface area contributed by atoms with Crippen molar-refractivity contribution in [1.29, 1.82) is 0 Å². The van der Waals surface area contributed by atoms with Gasteiger partial charge in [0.25, 0.3) is 0 Å². The zero-order chi connectivity index (χ0) is 19.9. The van der Waals surface area contributed by atoms with Crippen LogP contribution in [0.15, 0.2) is 59.5 Å². The van der Waals surface area contributed by atoms with E-state index in [0.717, 1.165) is 5.56 Å². The van der Waals surface area contributed by atoms with Crippen molar-refractivity contribution in [1.82, 2.24) is 5.32 Å². The highest BCUT2D eigenvalue weighted by atomic mass is 32.2. The summed E-state index contributed by atoms with van der Waals surface area (Å²) >= 11 is 0.612. The third-order valence-corrected chi connectivity index (χ3v) is 4.66. The van der Waals surface area contributed by atoms with Crippen LogP contribution in [-0.4, -0.2) is 23.7 Å². The fourth-order valence-corrected chi connectivity index (χ4v) is 3.19. The van der Waals surface area contributed by atoms with Gasteiger partial charge in [-0.3, -0.25) is 9.59 Å². The standard InChI is InChI=1S/C19H19F3N2O2S/c1-13(25)23-16(14-7-3-2-4-8-14)11-18(26)24-15-9-5-6-10-17(15)27-12-19(20,21)22/h2-10,16H,11-12H2,1H3,(H,23,25)(H,24,26). The van der Waals surface area contributed by atoms with E-state index in [0.29, 0.717) is 22.3 Å². The summed E-state index contributed by atoms with van der Waals surface area (Å²) in [5.74, 6) is -1.73. The third kappa shape index (κ3) is 7.34. The number of hydrogen-bond acceptors (Lipinski definition) is 3.